The number of hydrogen-bond donors (Lipinski definition) is 1. The molecular weight excluding hydrogens is 302 g/mol. The minimum atomic E-state index is -0.494. The molecule has 0 aliphatic heterocycles. The molecule has 0 saturated carbocycles. The number of esters is 1. The van der Waals surface area contributed by atoms with Crippen molar-refractivity contribution in [3.05, 3.63) is 33.9 Å². The van der Waals surface area contributed by atoms with E-state index in [1.165, 1.54) is 7.11 Å². The number of methoxy groups -OCH3 is 2. The minimum absolute atomic E-state index is 0.136. The van der Waals surface area contributed by atoms with Gasteiger partial charge in [-0.2, -0.15) is 0 Å². The summed E-state index contributed by atoms with van der Waals surface area (Å²) >= 11 is 7.01. The first-order valence-corrected chi connectivity index (χ1v) is 6.81. The van der Waals surface area contributed by atoms with Crippen LogP contribution in [0.25, 0.3) is 0 Å². The highest BCUT2D eigenvalue weighted by molar-refractivity contribution is 7.18. The van der Waals surface area contributed by atoms with Crippen LogP contribution in [0.3, 0.4) is 0 Å². The number of carbonyl (C=O) groups excluding carboxylic acids is 1. The number of carbonyl (C=O) groups is 1. The Morgan fingerprint density at radius 3 is 2.85 bits per heavy atom. The maximum Gasteiger partial charge on any atom is 0.351 e. The van der Waals surface area contributed by atoms with Crippen LogP contribution in [0, 0.1) is 0 Å². The lowest BCUT2D eigenvalue weighted by Crippen LogP contribution is -1.99. The number of ether oxygens (including phenoxy) is 2. The molecule has 2 aromatic rings. The zero-order chi connectivity index (χ0) is 14.5. The molecular formula is C12H12ClN3O3S. The van der Waals surface area contributed by atoms with Crippen LogP contribution in [0.15, 0.2) is 18.3 Å². The third-order valence-electron chi connectivity index (χ3n) is 2.41. The topological polar surface area (TPSA) is 73.3 Å². The van der Waals surface area contributed by atoms with Crippen LogP contribution in [0.4, 0.5) is 5.13 Å². The van der Waals surface area contributed by atoms with Crippen molar-refractivity contribution >= 4 is 34.0 Å². The van der Waals surface area contributed by atoms with E-state index in [-0.39, 0.29) is 10.0 Å². The largest absolute Gasteiger partial charge is 0.481 e. The predicted molar refractivity (Wildman–Crippen MR) is 76.6 cm³/mol. The molecule has 0 radical (unpaired) electrons. The summed E-state index contributed by atoms with van der Waals surface area (Å²) in [5, 5.41) is 3.76. The second-order valence-electron chi connectivity index (χ2n) is 3.69. The molecule has 1 N–H and O–H groups in total. The molecule has 0 unspecified atom stereocenters. The monoisotopic (exact) mass is 313 g/mol. The van der Waals surface area contributed by atoms with Gasteiger partial charge < -0.3 is 14.8 Å². The highest BCUT2D eigenvalue weighted by Gasteiger charge is 2.17. The van der Waals surface area contributed by atoms with E-state index in [1.807, 2.05) is 6.07 Å². The Morgan fingerprint density at radius 2 is 2.25 bits per heavy atom. The molecule has 0 aromatic carbocycles. The Morgan fingerprint density at radius 1 is 1.45 bits per heavy atom. The molecule has 20 heavy (non-hydrogen) atoms. The number of anilines is 1. The summed E-state index contributed by atoms with van der Waals surface area (Å²) in [5.41, 5.74) is 0.955. The zero-order valence-electron chi connectivity index (χ0n) is 10.8. The summed E-state index contributed by atoms with van der Waals surface area (Å²) in [7, 11) is 2.86. The van der Waals surface area contributed by atoms with Gasteiger partial charge in [0.15, 0.2) is 15.2 Å². The molecule has 0 aliphatic carbocycles. The minimum Gasteiger partial charge on any atom is -0.481 e. The third kappa shape index (κ3) is 3.37. The molecule has 0 saturated heterocycles. The second-order valence-corrected chi connectivity index (χ2v) is 5.05. The van der Waals surface area contributed by atoms with Crippen molar-refractivity contribution in [3.8, 4) is 5.88 Å². The van der Waals surface area contributed by atoms with E-state index in [0.717, 1.165) is 16.9 Å². The fraction of sp³-hybridized carbons (Fsp3) is 0.250. The van der Waals surface area contributed by atoms with Crippen molar-refractivity contribution in [1.29, 1.82) is 0 Å². The van der Waals surface area contributed by atoms with Crippen LogP contribution in [-0.4, -0.2) is 30.2 Å². The Bertz CT molecular complexity index is 600. The number of thiazole rings is 1. The van der Waals surface area contributed by atoms with E-state index in [0.29, 0.717) is 17.6 Å². The van der Waals surface area contributed by atoms with Gasteiger partial charge in [0.25, 0.3) is 0 Å². The van der Waals surface area contributed by atoms with Crippen LogP contribution in [0.1, 0.15) is 15.2 Å². The molecule has 0 amide bonds. The smallest absolute Gasteiger partial charge is 0.351 e. The van der Waals surface area contributed by atoms with Crippen molar-refractivity contribution in [2.24, 2.45) is 0 Å². The van der Waals surface area contributed by atoms with Crippen LogP contribution < -0.4 is 10.1 Å². The molecule has 6 nitrogen and oxygen atoms in total. The standard InChI is InChI=1S/C12H12ClN3O3S/c1-18-8-4-3-7(5-14-8)6-15-12-16-10(13)9(20-12)11(17)19-2/h3-5H,6H2,1-2H3,(H,15,16). The Hall–Kier alpha value is -1.86. The van der Waals surface area contributed by atoms with Gasteiger partial charge in [-0.1, -0.05) is 29.0 Å². The Balaban J connectivity index is 2.01. The number of nitrogens with one attached hydrogen (secondary N) is 1. The number of aromatic nitrogens is 2. The molecule has 2 aromatic heterocycles. The molecule has 0 fully saturated rings. The van der Waals surface area contributed by atoms with Crippen molar-refractivity contribution in [1.82, 2.24) is 9.97 Å². The van der Waals surface area contributed by atoms with Crippen LogP contribution in [0.2, 0.25) is 5.15 Å². The number of nitrogens with zero attached hydrogens (tertiary/aromatic N) is 2. The summed E-state index contributed by atoms with van der Waals surface area (Å²) in [6, 6.07) is 3.65. The number of rotatable bonds is 5. The van der Waals surface area contributed by atoms with Crippen molar-refractivity contribution in [2.75, 3.05) is 19.5 Å². The SMILES string of the molecule is COC(=O)c1sc(NCc2ccc(OC)nc2)nc1Cl. The molecule has 0 spiro atoms. The Kier molecular flexibility index (Phi) is 4.75. The van der Waals surface area contributed by atoms with E-state index in [9.17, 15) is 4.79 Å². The quantitative estimate of drug-likeness (QED) is 0.855. The molecule has 0 bridgehead atoms. The first kappa shape index (κ1) is 14.5. The molecule has 0 aliphatic rings. The van der Waals surface area contributed by atoms with E-state index in [1.54, 1.807) is 19.4 Å². The van der Waals surface area contributed by atoms with Crippen LogP contribution in [0.5, 0.6) is 5.88 Å². The van der Waals surface area contributed by atoms with E-state index in [2.05, 4.69) is 20.0 Å². The summed E-state index contributed by atoms with van der Waals surface area (Å²) in [5.74, 6) is 0.0608. The zero-order valence-corrected chi connectivity index (χ0v) is 12.4. The summed E-state index contributed by atoms with van der Waals surface area (Å²) < 4.78 is 9.59. The maximum atomic E-state index is 11.4. The van der Waals surface area contributed by atoms with Gasteiger partial charge in [0.05, 0.1) is 14.2 Å². The van der Waals surface area contributed by atoms with Crippen LogP contribution >= 0.6 is 22.9 Å². The highest BCUT2D eigenvalue weighted by Crippen LogP contribution is 2.27. The van der Waals surface area contributed by atoms with Gasteiger partial charge in [-0.15, -0.1) is 0 Å². The summed E-state index contributed by atoms with van der Waals surface area (Å²) in [6.45, 7) is 0.515. The lowest BCUT2D eigenvalue weighted by atomic mass is 10.3. The molecule has 2 heterocycles. The molecule has 106 valence electrons. The summed E-state index contributed by atoms with van der Waals surface area (Å²) in [4.78, 5) is 19.8. The number of pyridine rings is 1. The fourth-order valence-corrected chi connectivity index (χ4v) is 2.51. The van der Waals surface area contributed by atoms with Crippen LogP contribution in [-0.2, 0) is 11.3 Å². The lowest BCUT2D eigenvalue weighted by molar-refractivity contribution is 0.0606. The Labute approximate surface area is 124 Å². The normalized spacial score (nSPS) is 10.2. The maximum absolute atomic E-state index is 11.4. The summed E-state index contributed by atoms with van der Waals surface area (Å²) in [6.07, 6.45) is 1.70. The first-order valence-electron chi connectivity index (χ1n) is 5.61. The molecule has 0 atom stereocenters. The average Bonchev–Trinajstić information content (AvgIpc) is 2.86. The number of halogens is 1. The van der Waals surface area contributed by atoms with E-state index >= 15 is 0 Å². The number of hydrogen-bond acceptors (Lipinski definition) is 7. The van der Waals surface area contributed by atoms with Gasteiger partial charge in [-0.05, 0) is 5.56 Å². The van der Waals surface area contributed by atoms with Gasteiger partial charge in [-0.25, -0.2) is 14.8 Å². The van der Waals surface area contributed by atoms with Gasteiger partial charge in [0.1, 0.15) is 0 Å². The fourth-order valence-electron chi connectivity index (χ4n) is 1.41. The third-order valence-corrected chi connectivity index (χ3v) is 3.79. The average molecular weight is 314 g/mol. The second kappa shape index (κ2) is 6.53. The molecule has 2 rings (SSSR count). The van der Waals surface area contributed by atoms with Gasteiger partial charge in [-0.3, -0.25) is 0 Å². The van der Waals surface area contributed by atoms with E-state index in [4.69, 9.17) is 16.3 Å². The highest BCUT2D eigenvalue weighted by atomic mass is 35.5. The molecule has 8 heteroatoms. The van der Waals surface area contributed by atoms with E-state index < -0.39 is 5.97 Å². The van der Waals surface area contributed by atoms with Crippen molar-refractivity contribution in [2.45, 2.75) is 6.54 Å². The predicted octanol–water partition coefficient (Wildman–Crippen LogP) is 2.60. The van der Waals surface area contributed by atoms with Crippen molar-refractivity contribution in [3.63, 3.8) is 0 Å². The van der Waals surface area contributed by atoms with Gasteiger partial charge >= 0.3 is 5.97 Å². The van der Waals surface area contributed by atoms with Gasteiger partial charge in [0.2, 0.25) is 5.88 Å². The van der Waals surface area contributed by atoms with Gasteiger partial charge in [0, 0.05) is 18.8 Å². The first-order chi connectivity index (χ1) is 9.63. The lowest BCUT2D eigenvalue weighted by Gasteiger charge is -2.03. The van der Waals surface area contributed by atoms with Crippen molar-refractivity contribution < 1.29 is 14.3 Å².